The average Bonchev–Trinajstić information content (AvgIpc) is 1.83. The Balaban J connectivity index is 0.000000810. The minimum atomic E-state index is 0. The monoisotopic (exact) mass is 123 g/mol. The van der Waals surface area contributed by atoms with Gasteiger partial charge in [0.2, 0.25) is 0 Å². The summed E-state index contributed by atoms with van der Waals surface area (Å²) in [4.78, 5) is 4.14. The Kier molecular flexibility index (Phi) is 1.52. The van der Waals surface area contributed by atoms with Crippen molar-refractivity contribution < 1.29 is 1.43 Å². The molecule has 0 aliphatic carbocycles. The van der Waals surface area contributed by atoms with Gasteiger partial charge in [-0.2, -0.15) is 0 Å². The highest BCUT2D eigenvalue weighted by molar-refractivity contribution is 5.25. The molecule has 0 spiro atoms. The molecule has 50 valence electrons. The molecule has 1 aromatic rings. The number of hydrogen-bond donors (Lipinski definition) is 0. The lowest BCUT2D eigenvalue weighted by molar-refractivity contribution is 1.12. The van der Waals surface area contributed by atoms with Gasteiger partial charge in [0.15, 0.2) is 0 Å². The molecule has 0 radical (unpaired) electrons. The summed E-state index contributed by atoms with van der Waals surface area (Å²) in [5, 5.41) is 0. The summed E-state index contributed by atoms with van der Waals surface area (Å²) in [6.45, 7) is 6.23. The van der Waals surface area contributed by atoms with Gasteiger partial charge in [-0.05, 0) is 38.0 Å². The maximum Gasteiger partial charge on any atom is 0.0404 e. The topological polar surface area (TPSA) is 12.9 Å². The van der Waals surface area contributed by atoms with Gasteiger partial charge in [-0.3, -0.25) is 4.98 Å². The molecule has 0 atom stereocenters. The number of hydrogen-bond acceptors (Lipinski definition) is 1. The van der Waals surface area contributed by atoms with Crippen molar-refractivity contribution in [2.45, 2.75) is 20.8 Å². The molecule has 0 fully saturated rings. The van der Waals surface area contributed by atoms with Crippen molar-refractivity contribution in [3.05, 3.63) is 29.1 Å². The molecule has 0 aliphatic heterocycles. The number of nitrogens with zero attached hydrogens (tertiary/aromatic N) is 1. The van der Waals surface area contributed by atoms with Gasteiger partial charge in [-0.1, -0.05) is 0 Å². The number of rotatable bonds is 0. The molecule has 0 N–H and O–H groups in total. The van der Waals surface area contributed by atoms with Gasteiger partial charge < -0.3 is 0 Å². The van der Waals surface area contributed by atoms with E-state index in [0.717, 1.165) is 5.69 Å². The SMILES string of the molecule is Cc1ccnc(C)c1C.[HH]. The first-order chi connectivity index (χ1) is 4.22. The summed E-state index contributed by atoms with van der Waals surface area (Å²) < 4.78 is 0. The Morgan fingerprint density at radius 3 is 2.44 bits per heavy atom. The van der Waals surface area contributed by atoms with Crippen LogP contribution in [0.5, 0.6) is 0 Å². The maximum absolute atomic E-state index is 4.14. The third-order valence-corrected chi connectivity index (χ3v) is 1.73. The zero-order valence-electron chi connectivity index (χ0n) is 6.10. The van der Waals surface area contributed by atoms with E-state index >= 15 is 0 Å². The summed E-state index contributed by atoms with van der Waals surface area (Å²) in [5.74, 6) is 0. The lowest BCUT2D eigenvalue weighted by atomic mass is 10.1. The summed E-state index contributed by atoms with van der Waals surface area (Å²) in [7, 11) is 0. The highest BCUT2D eigenvalue weighted by atomic mass is 14.7. The van der Waals surface area contributed by atoms with Gasteiger partial charge in [-0.15, -0.1) is 0 Å². The van der Waals surface area contributed by atoms with Crippen LogP contribution in [0.1, 0.15) is 18.2 Å². The zero-order valence-corrected chi connectivity index (χ0v) is 6.10. The zero-order chi connectivity index (χ0) is 6.85. The Hall–Kier alpha value is -0.850. The molecular weight excluding hydrogens is 110 g/mol. The third kappa shape index (κ3) is 1.10. The molecular formula is C8H13N. The van der Waals surface area contributed by atoms with E-state index in [1.165, 1.54) is 11.1 Å². The summed E-state index contributed by atoms with van der Waals surface area (Å²) >= 11 is 0. The van der Waals surface area contributed by atoms with Crippen LogP contribution in [0.2, 0.25) is 0 Å². The molecule has 0 amide bonds. The first-order valence-electron chi connectivity index (χ1n) is 3.10. The predicted molar refractivity (Wildman–Crippen MR) is 40.6 cm³/mol. The third-order valence-electron chi connectivity index (χ3n) is 1.73. The van der Waals surface area contributed by atoms with Gasteiger partial charge in [-0.25, -0.2) is 0 Å². The van der Waals surface area contributed by atoms with Crippen LogP contribution in [0.4, 0.5) is 0 Å². The van der Waals surface area contributed by atoms with Crippen LogP contribution in [0.15, 0.2) is 12.3 Å². The molecule has 1 nitrogen and oxygen atoms in total. The van der Waals surface area contributed by atoms with E-state index in [1.807, 2.05) is 19.2 Å². The van der Waals surface area contributed by atoms with E-state index in [1.54, 1.807) is 0 Å². The fourth-order valence-electron chi connectivity index (χ4n) is 0.768. The van der Waals surface area contributed by atoms with Crippen LogP contribution in [0.25, 0.3) is 0 Å². The normalized spacial score (nSPS) is 9.67. The molecule has 0 bridgehead atoms. The molecule has 1 aromatic heterocycles. The minimum Gasteiger partial charge on any atom is -0.261 e. The van der Waals surface area contributed by atoms with Crippen LogP contribution >= 0.6 is 0 Å². The Morgan fingerprint density at radius 1 is 1.33 bits per heavy atom. The van der Waals surface area contributed by atoms with Crippen molar-refractivity contribution in [3.8, 4) is 0 Å². The first-order valence-corrected chi connectivity index (χ1v) is 3.10. The van der Waals surface area contributed by atoms with E-state index in [4.69, 9.17) is 0 Å². The van der Waals surface area contributed by atoms with Crippen molar-refractivity contribution in [2.24, 2.45) is 0 Å². The van der Waals surface area contributed by atoms with Gasteiger partial charge in [0.1, 0.15) is 0 Å². The van der Waals surface area contributed by atoms with E-state index in [-0.39, 0.29) is 1.43 Å². The molecule has 1 heterocycles. The molecule has 1 heteroatoms. The van der Waals surface area contributed by atoms with E-state index in [2.05, 4.69) is 18.8 Å². The number of aromatic nitrogens is 1. The van der Waals surface area contributed by atoms with Crippen molar-refractivity contribution in [3.63, 3.8) is 0 Å². The molecule has 9 heavy (non-hydrogen) atoms. The summed E-state index contributed by atoms with van der Waals surface area (Å²) in [6.07, 6.45) is 1.84. The second kappa shape index (κ2) is 2.18. The van der Waals surface area contributed by atoms with Crippen molar-refractivity contribution in [1.29, 1.82) is 0 Å². The molecule has 0 aromatic carbocycles. The smallest absolute Gasteiger partial charge is 0.0404 e. The summed E-state index contributed by atoms with van der Waals surface area (Å²) in [6, 6.07) is 2.03. The van der Waals surface area contributed by atoms with Gasteiger partial charge in [0, 0.05) is 13.3 Å². The Labute approximate surface area is 57.2 Å². The van der Waals surface area contributed by atoms with Crippen LogP contribution in [-0.2, 0) is 0 Å². The van der Waals surface area contributed by atoms with Crippen molar-refractivity contribution in [1.82, 2.24) is 4.98 Å². The quantitative estimate of drug-likeness (QED) is 0.515. The average molecular weight is 123 g/mol. The van der Waals surface area contributed by atoms with Crippen LogP contribution < -0.4 is 0 Å². The molecule has 0 saturated carbocycles. The number of aryl methyl sites for hydroxylation is 2. The standard InChI is InChI=1S/C8H11N.H2/c1-6-4-5-9-8(3)7(6)2;/h4-5H,1-3H3;1H. The van der Waals surface area contributed by atoms with Crippen LogP contribution in [-0.4, -0.2) is 4.98 Å². The van der Waals surface area contributed by atoms with Crippen molar-refractivity contribution in [2.75, 3.05) is 0 Å². The molecule has 1 rings (SSSR count). The lowest BCUT2D eigenvalue weighted by Crippen LogP contribution is -1.87. The predicted octanol–water partition coefficient (Wildman–Crippen LogP) is 2.25. The van der Waals surface area contributed by atoms with Crippen LogP contribution in [0.3, 0.4) is 0 Å². The fraction of sp³-hybridized carbons (Fsp3) is 0.375. The lowest BCUT2D eigenvalue weighted by Gasteiger charge is -1.99. The van der Waals surface area contributed by atoms with Crippen molar-refractivity contribution >= 4 is 0 Å². The van der Waals surface area contributed by atoms with E-state index in [0.29, 0.717) is 0 Å². The highest BCUT2D eigenvalue weighted by Gasteiger charge is 1.93. The largest absolute Gasteiger partial charge is 0.261 e. The Morgan fingerprint density at radius 2 is 2.00 bits per heavy atom. The maximum atomic E-state index is 4.14. The second-order valence-corrected chi connectivity index (χ2v) is 2.34. The van der Waals surface area contributed by atoms with Gasteiger partial charge >= 0.3 is 0 Å². The van der Waals surface area contributed by atoms with E-state index < -0.39 is 0 Å². The van der Waals surface area contributed by atoms with Crippen LogP contribution in [0, 0.1) is 20.8 Å². The van der Waals surface area contributed by atoms with E-state index in [9.17, 15) is 0 Å². The fourth-order valence-corrected chi connectivity index (χ4v) is 0.768. The first kappa shape index (κ1) is 6.27. The number of pyridine rings is 1. The summed E-state index contributed by atoms with van der Waals surface area (Å²) in [5.41, 5.74) is 3.76. The second-order valence-electron chi connectivity index (χ2n) is 2.34. The Bertz CT molecular complexity index is 200. The van der Waals surface area contributed by atoms with Gasteiger partial charge in [0.25, 0.3) is 0 Å². The molecule has 0 saturated heterocycles. The highest BCUT2D eigenvalue weighted by Crippen LogP contribution is 2.06. The van der Waals surface area contributed by atoms with Gasteiger partial charge in [0.05, 0.1) is 0 Å². The molecule has 0 aliphatic rings. The minimum absolute atomic E-state index is 0. The molecule has 0 unspecified atom stereocenters.